The largest absolute Gasteiger partial charge is 0.493 e. The number of fused-ring (bicyclic) bond motifs is 3. The zero-order valence-corrected chi connectivity index (χ0v) is 17.1. The van der Waals surface area contributed by atoms with Crippen LogP contribution >= 0.6 is 0 Å². The fourth-order valence-corrected chi connectivity index (χ4v) is 4.12. The fourth-order valence-electron chi connectivity index (χ4n) is 4.12. The number of nitrogens with zero attached hydrogens (tertiary/aromatic N) is 1. The van der Waals surface area contributed by atoms with Crippen molar-refractivity contribution in [3.05, 3.63) is 52.7 Å². The molecule has 0 N–H and O–H groups in total. The van der Waals surface area contributed by atoms with E-state index in [1.165, 1.54) is 5.57 Å². The minimum Gasteiger partial charge on any atom is -0.493 e. The van der Waals surface area contributed by atoms with Gasteiger partial charge in [-0.15, -0.1) is 0 Å². The third kappa shape index (κ3) is 2.37. The average Bonchev–Trinajstić information content (AvgIpc) is 3.50. The van der Waals surface area contributed by atoms with Gasteiger partial charge < -0.3 is 18.9 Å². The summed E-state index contributed by atoms with van der Waals surface area (Å²) in [4.78, 5) is 6.25. The number of hydroxylamine groups is 2. The molecule has 6 heteroatoms. The number of hydrogen-bond donors (Lipinski definition) is 0. The third-order valence-corrected chi connectivity index (χ3v) is 5.56. The van der Waals surface area contributed by atoms with Gasteiger partial charge in [0, 0.05) is 16.8 Å². The Morgan fingerprint density at radius 3 is 2.07 bits per heavy atom. The normalized spacial score (nSPS) is 19.7. The van der Waals surface area contributed by atoms with Gasteiger partial charge in [-0.25, -0.2) is 9.90 Å². The molecule has 1 atom stereocenters. The van der Waals surface area contributed by atoms with Gasteiger partial charge in [-0.1, -0.05) is 6.92 Å². The SMILES string of the molecule is CCC1=C(C)N2OC2(c2ccc(OC)c(OC)c2)c2cc(OC)c(OC)cc21. The van der Waals surface area contributed by atoms with E-state index in [0.29, 0.717) is 23.0 Å². The average molecular weight is 383 g/mol. The Kier molecular flexibility index (Phi) is 4.38. The quantitative estimate of drug-likeness (QED) is 0.693. The number of methoxy groups -OCH3 is 4. The Bertz CT molecular complexity index is 968. The summed E-state index contributed by atoms with van der Waals surface area (Å²) >= 11 is 0. The van der Waals surface area contributed by atoms with Gasteiger partial charge in [-0.2, -0.15) is 0 Å². The van der Waals surface area contributed by atoms with Crippen molar-refractivity contribution in [2.45, 2.75) is 26.0 Å². The second-order valence-corrected chi connectivity index (χ2v) is 6.77. The summed E-state index contributed by atoms with van der Waals surface area (Å²) in [6.45, 7) is 4.23. The number of benzene rings is 2. The molecule has 2 aliphatic rings. The van der Waals surface area contributed by atoms with Gasteiger partial charge in [-0.3, -0.25) is 0 Å². The maximum Gasteiger partial charge on any atom is 0.242 e. The Labute approximate surface area is 165 Å². The van der Waals surface area contributed by atoms with Crippen LogP contribution < -0.4 is 18.9 Å². The highest BCUT2D eigenvalue weighted by Crippen LogP contribution is 2.60. The minimum absolute atomic E-state index is 0.662. The lowest BCUT2D eigenvalue weighted by atomic mass is 9.84. The maximum atomic E-state index is 6.25. The molecular weight excluding hydrogens is 358 g/mol. The monoisotopic (exact) mass is 383 g/mol. The molecule has 0 saturated carbocycles. The molecule has 0 aromatic heterocycles. The Balaban J connectivity index is 1.96. The molecule has 148 valence electrons. The summed E-state index contributed by atoms with van der Waals surface area (Å²) < 4.78 is 22.0. The first-order chi connectivity index (χ1) is 13.5. The van der Waals surface area contributed by atoms with Crippen molar-refractivity contribution in [3.63, 3.8) is 0 Å². The van der Waals surface area contributed by atoms with E-state index in [0.717, 1.165) is 28.8 Å². The Hall–Kier alpha value is -2.86. The second-order valence-electron chi connectivity index (χ2n) is 6.77. The molecule has 0 radical (unpaired) electrons. The van der Waals surface area contributed by atoms with Crippen molar-refractivity contribution >= 4 is 5.57 Å². The van der Waals surface area contributed by atoms with Crippen molar-refractivity contribution in [1.82, 2.24) is 5.06 Å². The van der Waals surface area contributed by atoms with Crippen LogP contribution in [0.15, 0.2) is 36.0 Å². The van der Waals surface area contributed by atoms with E-state index in [1.807, 2.05) is 35.4 Å². The first-order valence-corrected chi connectivity index (χ1v) is 9.24. The zero-order valence-electron chi connectivity index (χ0n) is 17.1. The number of allylic oxidation sites excluding steroid dienone is 2. The molecule has 1 fully saturated rings. The summed E-state index contributed by atoms with van der Waals surface area (Å²) in [5.74, 6) is 2.72. The summed E-state index contributed by atoms with van der Waals surface area (Å²) in [5, 5.41) is 1.96. The van der Waals surface area contributed by atoms with Crippen LogP contribution in [-0.4, -0.2) is 33.5 Å². The van der Waals surface area contributed by atoms with Gasteiger partial charge in [0.1, 0.15) is 0 Å². The van der Waals surface area contributed by atoms with Crippen LogP contribution in [0.3, 0.4) is 0 Å². The lowest BCUT2D eigenvalue weighted by Gasteiger charge is -2.27. The van der Waals surface area contributed by atoms with E-state index in [4.69, 9.17) is 23.8 Å². The Morgan fingerprint density at radius 1 is 0.857 bits per heavy atom. The van der Waals surface area contributed by atoms with E-state index in [2.05, 4.69) is 13.8 Å². The van der Waals surface area contributed by atoms with Crippen molar-refractivity contribution in [1.29, 1.82) is 0 Å². The predicted molar refractivity (Wildman–Crippen MR) is 106 cm³/mol. The van der Waals surface area contributed by atoms with Crippen LogP contribution in [0.25, 0.3) is 5.57 Å². The van der Waals surface area contributed by atoms with Crippen LogP contribution in [0, 0.1) is 0 Å². The highest BCUT2D eigenvalue weighted by atomic mass is 16.9. The first kappa shape index (κ1) is 18.5. The van der Waals surface area contributed by atoms with E-state index in [-0.39, 0.29) is 0 Å². The van der Waals surface area contributed by atoms with E-state index < -0.39 is 5.72 Å². The Morgan fingerprint density at radius 2 is 1.46 bits per heavy atom. The highest BCUT2D eigenvalue weighted by Gasteiger charge is 2.62. The van der Waals surface area contributed by atoms with Crippen LogP contribution in [0.4, 0.5) is 0 Å². The van der Waals surface area contributed by atoms with E-state index in [1.54, 1.807) is 28.4 Å². The molecule has 0 aliphatic carbocycles. The molecule has 0 spiro atoms. The maximum absolute atomic E-state index is 6.25. The molecule has 1 unspecified atom stereocenters. The fraction of sp³-hybridized carbons (Fsp3) is 0.364. The van der Waals surface area contributed by atoms with E-state index in [9.17, 15) is 0 Å². The molecule has 4 rings (SSSR count). The van der Waals surface area contributed by atoms with Gasteiger partial charge in [0.2, 0.25) is 5.72 Å². The van der Waals surface area contributed by atoms with Crippen molar-refractivity contribution in [2.75, 3.05) is 28.4 Å². The van der Waals surface area contributed by atoms with Gasteiger partial charge in [0.25, 0.3) is 0 Å². The van der Waals surface area contributed by atoms with Gasteiger partial charge in [0.05, 0.1) is 28.4 Å². The summed E-state index contributed by atoms with van der Waals surface area (Å²) in [7, 11) is 6.56. The first-order valence-electron chi connectivity index (χ1n) is 9.24. The van der Waals surface area contributed by atoms with Gasteiger partial charge >= 0.3 is 0 Å². The van der Waals surface area contributed by atoms with Crippen LogP contribution in [-0.2, 0) is 10.6 Å². The van der Waals surface area contributed by atoms with E-state index >= 15 is 0 Å². The van der Waals surface area contributed by atoms with Crippen molar-refractivity contribution in [2.24, 2.45) is 0 Å². The lowest BCUT2D eigenvalue weighted by molar-refractivity contribution is 0.233. The standard InChI is InChI=1S/C22H25NO5/c1-7-15-13(2)23-22(28-23,14-8-9-18(24-3)19(10-14)25-4)17-12-21(27-6)20(26-5)11-16(15)17/h8-12H,7H2,1-6H3. The predicted octanol–water partition coefficient (Wildman–Crippen LogP) is 4.32. The summed E-state index contributed by atoms with van der Waals surface area (Å²) in [6.07, 6.45) is 0.885. The van der Waals surface area contributed by atoms with Gasteiger partial charge in [-0.05, 0) is 54.8 Å². The summed E-state index contributed by atoms with van der Waals surface area (Å²) in [5.41, 5.74) is 4.72. The molecule has 2 aliphatic heterocycles. The smallest absolute Gasteiger partial charge is 0.242 e. The molecule has 0 bridgehead atoms. The highest BCUT2D eigenvalue weighted by molar-refractivity contribution is 5.78. The third-order valence-electron chi connectivity index (χ3n) is 5.56. The topological polar surface area (TPSA) is 52.5 Å². The molecule has 2 heterocycles. The molecule has 1 saturated heterocycles. The number of hydrogen-bond acceptors (Lipinski definition) is 6. The molecule has 0 amide bonds. The second kappa shape index (κ2) is 6.63. The number of rotatable bonds is 6. The zero-order chi connectivity index (χ0) is 20.1. The van der Waals surface area contributed by atoms with Crippen molar-refractivity contribution in [3.8, 4) is 23.0 Å². The molecule has 6 nitrogen and oxygen atoms in total. The lowest BCUT2D eigenvalue weighted by Crippen LogP contribution is -2.24. The van der Waals surface area contributed by atoms with Crippen LogP contribution in [0.2, 0.25) is 0 Å². The molecule has 2 aromatic carbocycles. The molecule has 2 aromatic rings. The minimum atomic E-state index is -0.711. The van der Waals surface area contributed by atoms with Crippen LogP contribution in [0.5, 0.6) is 23.0 Å². The summed E-state index contributed by atoms with van der Waals surface area (Å²) in [6, 6.07) is 9.91. The molecular formula is C22H25NO5. The number of ether oxygens (including phenoxy) is 4. The molecule has 28 heavy (non-hydrogen) atoms. The van der Waals surface area contributed by atoms with Crippen LogP contribution in [0.1, 0.15) is 37.0 Å². The van der Waals surface area contributed by atoms with Gasteiger partial charge in [0.15, 0.2) is 23.0 Å². The van der Waals surface area contributed by atoms with Crippen molar-refractivity contribution < 1.29 is 23.8 Å².